The van der Waals surface area contributed by atoms with Gasteiger partial charge in [0, 0.05) is 10.7 Å². The van der Waals surface area contributed by atoms with Gasteiger partial charge in [0.05, 0.1) is 16.6 Å². The average molecular weight is 405 g/mol. The summed E-state index contributed by atoms with van der Waals surface area (Å²) >= 11 is 7.14. The number of fused-ring (bicyclic) bond motifs is 1. The maximum atomic E-state index is 12.9. The highest BCUT2D eigenvalue weighted by atomic mass is 35.5. The fraction of sp³-hybridized carbons (Fsp3) is 0.222. The molecule has 0 bridgehead atoms. The molecule has 7 nitrogen and oxygen atoms in total. The molecule has 1 atom stereocenters. The van der Waals surface area contributed by atoms with Gasteiger partial charge in [-0.1, -0.05) is 17.7 Å². The van der Waals surface area contributed by atoms with E-state index in [2.05, 4.69) is 10.3 Å². The first-order valence-electron chi connectivity index (χ1n) is 8.08. The number of aryl methyl sites for hydroxylation is 1. The summed E-state index contributed by atoms with van der Waals surface area (Å²) in [6, 6.07) is 4.38. The number of primary amides is 1. The third-order valence-electron chi connectivity index (χ3n) is 4.42. The van der Waals surface area contributed by atoms with E-state index in [0.29, 0.717) is 31.4 Å². The highest BCUT2D eigenvalue weighted by molar-refractivity contribution is 7.20. The van der Waals surface area contributed by atoms with Crippen LogP contribution in [0.4, 0.5) is 5.69 Å². The van der Waals surface area contributed by atoms with Gasteiger partial charge in [-0.25, -0.2) is 4.98 Å². The number of benzene rings is 1. The van der Waals surface area contributed by atoms with Crippen molar-refractivity contribution in [3.8, 4) is 0 Å². The minimum atomic E-state index is -0.816. The van der Waals surface area contributed by atoms with Crippen LogP contribution in [0.1, 0.15) is 33.8 Å². The summed E-state index contributed by atoms with van der Waals surface area (Å²) in [6.45, 7) is 5.04. The standard InChI is InChI=1S/C18H17ClN4O3S/c1-8-11(19)5-4-6-12(8)22-16(25)10(3)23-7-21-17-13(18(23)26)9(2)14(27-17)15(20)24/h4-7,10H,1-3H3,(H2,20,24)(H,22,25). The molecule has 3 aromatic rings. The molecule has 0 saturated heterocycles. The van der Waals surface area contributed by atoms with Crippen molar-refractivity contribution >= 4 is 50.7 Å². The molecule has 3 rings (SSSR count). The third kappa shape index (κ3) is 3.33. The number of hydrogen-bond acceptors (Lipinski definition) is 5. The molecule has 2 heterocycles. The van der Waals surface area contributed by atoms with Crippen molar-refractivity contribution < 1.29 is 9.59 Å². The fourth-order valence-corrected chi connectivity index (χ4v) is 3.92. The van der Waals surface area contributed by atoms with E-state index in [1.54, 1.807) is 39.0 Å². The number of halogens is 1. The second-order valence-corrected chi connectivity index (χ2v) is 7.54. The highest BCUT2D eigenvalue weighted by Crippen LogP contribution is 2.27. The van der Waals surface area contributed by atoms with Crippen molar-refractivity contribution in [2.75, 3.05) is 5.32 Å². The van der Waals surface area contributed by atoms with E-state index in [1.165, 1.54) is 10.9 Å². The van der Waals surface area contributed by atoms with Crippen LogP contribution >= 0.6 is 22.9 Å². The van der Waals surface area contributed by atoms with Crippen LogP contribution in [-0.2, 0) is 4.79 Å². The van der Waals surface area contributed by atoms with E-state index in [1.807, 2.05) is 0 Å². The zero-order valence-electron chi connectivity index (χ0n) is 14.9. The number of nitrogens with two attached hydrogens (primary N) is 1. The maximum Gasteiger partial charge on any atom is 0.263 e. The Morgan fingerprint density at radius 2 is 2.00 bits per heavy atom. The van der Waals surface area contributed by atoms with Crippen molar-refractivity contribution in [3.05, 3.63) is 55.9 Å². The van der Waals surface area contributed by atoms with Crippen LogP contribution in [-0.4, -0.2) is 21.4 Å². The zero-order valence-corrected chi connectivity index (χ0v) is 16.4. The van der Waals surface area contributed by atoms with Crippen LogP contribution in [0.5, 0.6) is 0 Å². The Bertz CT molecular complexity index is 1140. The number of thiophene rings is 1. The summed E-state index contributed by atoms with van der Waals surface area (Å²) in [4.78, 5) is 42.0. The molecule has 9 heteroatoms. The van der Waals surface area contributed by atoms with Gasteiger partial charge in [0.1, 0.15) is 10.9 Å². The Labute approximate surface area is 163 Å². The maximum absolute atomic E-state index is 12.9. The van der Waals surface area contributed by atoms with Crippen LogP contribution in [0.2, 0.25) is 5.02 Å². The first-order valence-corrected chi connectivity index (χ1v) is 9.27. The predicted octanol–water partition coefficient (Wildman–Crippen LogP) is 3.03. The molecular formula is C18H17ClN4O3S. The Morgan fingerprint density at radius 1 is 1.30 bits per heavy atom. The van der Waals surface area contributed by atoms with Gasteiger partial charge in [-0.2, -0.15) is 0 Å². The lowest BCUT2D eigenvalue weighted by atomic mass is 10.2. The average Bonchev–Trinajstić information content (AvgIpc) is 2.96. The number of nitrogens with zero attached hydrogens (tertiary/aromatic N) is 2. The summed E-state index contributed by atoms with van der Waals surface area (Å²) < 4.78 is 1.24. The van der Waals surface area contributed by atoms with E-state index in [0.717, 1.165) is 16.9 Å². The number of hydrogen-bond donors (Lipinski definition) is 2. The third-order valence-corrected chi connectivity index (χ3v) is 6.05. The fourth-order valence-electron chi connectivity index (χ4n) is 2.75. The van der Waals surface area contributed by atoms with Crippen molar-refractivity contribution in [1.82, 2.24) is 9.55 Å². The lowest BCUT2D eigenvalue weighted by Crippen LogP contribution is -2.32. The molecule has 140 valence electrons. The summed E-state index contributed by atoms with van der Waals surface area (Å²) in [5, 5.41) is 3.62. The highest BCUT2D eigenvalue weighted by Gasteiger charge is 2.22. The first-order chi connectivity index (χ1) is 12.7. The van der Waals surface area contributed by atoms with Crippen molar-refractivity contribution in [2.45, 2.75) is 26.8 Å². The number of carbonyl (C=O) groups excluding carboxylic acids is 2. The van der Waals surface area contributed by atoms with Gasteiger partial charge in [-0.3, -0.25) is 19.0 Å². The zero-order chi connectivity index (χ0) is 19.9. The molecule has 2 amide bonds. The number of nitrogens with one attached hydrogen (secondary N) is 1. The van der Waals surface area contributed by atoms with Crippen LogP contribution < -0.4 is 16.6 Å². The number of carbonyl (C=O) groups is 2. The van der Waals surface area contributed by atoms with Crippen molar-refractivity contribution in [1.29, 1.82) is 0 Å². The summed E-state index contributed by atoms with van der Waals surface area (Å²) in [5.41, 5.74) is 6.74. The minimum absolute atomic E-state index is 0.291. The molecule has 0 fully saturated rings. The monoisotopic (exact) mass is 404 g/mol. The molecule has 1 aromatic carbocycles. The molecule has 2 aromatic heterocycles. The SMILES string of the molecule is Cc1c(Cl)cccc1NC(=O)C(C)n1cnc2sc(C(N)=O)c(C)c2c1=O. The number of aromatic nitrogens is 2. The van der Waals surface area contributed by atoms with Crippen molar-refractivity contribution in [3.63, 3.8) is 0 Å². The molecule has 1 unspecified atom stereocenters. The Morgan fingerprint density at radius 3 is 2.67 bits per heavy atom. The number of anilines is 1. The molecule has 0 saturated carbocycles. The Hall–Kier alpha value is -2.71. The van der Waals surface area contributed by atoms with E-state index in [-0.39, 0.29) is 5.91 Å². The summed E-state index contributed by atoms with van der Waals surface area (Å²) in [7, 11) is 0. The number of rotatable bonds is 4. The van der Waals surface area contributed by atoms with Crippen LogP contribution in [0.3, 0.4) is 0 Å². The van der Waals surface area contributed by atoms with E-state index < -0.39 is 17.5 Å². The van der Waals surface area contributed by atoms with Gasteiger partial charge >= 0.3 is 0 Å². The first kappa shape index (κ1) is 19.1. The molecule has 0 aliphatic rings. The van der Waals surface area contributed by atoms with Gasteiger partial charge in [-0.15, -0.1) is 11.3 Å². The lowest BCUT2D eigenvalue weighted by Gasteiger charge is -2.16. The summed E-state index contributed by atoms with van der Waals surface area (Å²) in [6.07, 6.45) is 1.31. The van der Waals surface area contributed by atoms with E-state index in [4.69, 9.17) is 17.3 Å². The van der Waals surface area contributed by atoms with Gasteiger partial charge in [0.25, 0.3) is 11.5 Å². The van der Waals surface area contributed by atoms with E-state index >= 15 is 0 Å². The van der Waals surface area contributed by atoms with Gasteiger partial charge in [0.15, 0.2) is 0 Å². The Kier molecular flexibility index (Phi) is 5.03. The molecule has 0 aliphatic heterocycles. The smallest absolute Gasteiger partial charge is 0.263 e. The predicted molar refractivity (Wildman–Crippen MR) is 107 cm³/mol. The summed E-state index contributed by atoms with van der Waals surface area (Å²) in [5.74, 6) is -0.990. The Balaban J connectivity index is 1.99. The molecular weight excluding hydrogens is 388 g/mol. The molecule has 0 radical (unpaired) electrons. The number of amides is 2. The normalized spacial score (nSPS) is 12.1. The van der Waals surface area contributed by atoms with Crippen molar-refractivity contribution in [2.24, 2.45) is 5.73 Å². The van der Waals surface area contributed by atoms with Gasteiger partial charge in [0.2, 0.25) is 5.91 Å². The lowest BCUT2D eigenvalue weighted by molar-refractivity contribution is -0.118. The quantitative estimate of drug-likeness (QED) is 0.696. The molecule has 0 aliphatic carbocycles. The molecule has 3 N–H and O–H groups in total. The van der Waals surface area contributed by atoms with Crippen LogP contribution in [0.25, 0.3) is 10.2 Å². The second kappa shape index (κ2) is 7.13. The second-order valence-electron chi connectivity index (χ2n) is 6.14. The largest absolute Gasteiger partial charge is 0.365 e. The van der Waals surface area contributed by atoms with Crippen LogP contribution in [0.15, 0.2) is 29.3 Å². The minimum Gasteiger partial charge on any atom is -0.365 e. The molecule has 0 spiro atoms. The van der Waals surface area contributed by atoms with E-state index in [9.17, 15) is 14.4 Å². The van der Waals surface area contributed by atoms with Gasteiger partial charge < -0.3 is 11.1 Å². The van der Waals surface area contributed by atoms with Gasteiger partial charge in [-0.05, 0) is 44.0 Å². The molecule has 27 heavy (non-hydrogen) atoms. The van der Waals surface area contributed by atoms with Crippen LogP contribution in [0, 0.1) is 13.8 Å². The topological polar surface area (TPSA) is 107 Å².